The summed E-state index contributed by atoms with van der Waals surface area (Å²) in [5.41, 5.74) is -0.986. The predicted molar refractivity (Wildman–Crippen MR) is 27.8 cm³/mol. The SMILES string of the molecule is CC(CO)(CO)ON. The highest BCUT2D eigenvalue weighted by Gasteiger charge is 2.21. The van der Waals surface area contributed by atoms with Gasteiger partial charge < -0.3 is 10.2 Å². The van der Waals surface area contributed by atoms with Crippen LogP contribution >= 0.6 is 0 Å². The number of hydrogen-bond acceptors (Lipinski definition) is 4. The van der Waals surface area contributed by atoms with Crippen LogP contribution in [-0.4, -0.2) is 29.0 Å². The molecule has 0 aromatic rings. The Morgan fingerprint density at radius 3 is 1.88 bits per heavy atom. The van der Waals surface area contributed by atoms with Crippen molar-refractivity contribution in [3.05, 3.63) is 0 Å². The average Bonchev–Trinajstić information content (AvgIpc) is 1.87. The third kappa shape index (κ3) is 1.75. The highest BCUT2D eigenvalue weighted by atomic mass is 16.6. The first-order chi connectivity index (χ1) is 3.68. The second kappa shape index (κ2) is 2.99. The summed E-state index contributed by atoms with van der Waals surface area (Å²) in [6.45, 7) is 0.951. The fourth-order valence-corrected chi connectivity index (χ4v) is 0.125. The molecule has 0 saturated heterocycles. The Morgan fingerprint density at radius 2 is 1.88 bits per heavy atom. The summed E-state index contributed by atoms with van der Waals surface area (Å²) < 4.78 is 0. The number of aliphatic hydroxyl groups excluding tert-OH is 2. The normalized spacial score (nSPS) is 12.0. The molecule has 4 heteroatoms. The zero-order valence-corrected chi connectivity index (χ0v) is 4.79. The van der Waals surface area contributed by atoms with Gasteiger partial charge in [0.15, 0.2) is 0 Å². The average molecular weight is 121 g/mol. The van der Waals surface area contributed by atoms with Crippen LogP contribution in [0.4, 0.5) is 0 Å². The highest BCUT2D eigenvalue weighted by Crippen LogP contribution is 2.02. The lowest BCUT2D eigenvalue weighted by molar-refractivity contribution is -0.0982. The summed E-state index contributed by atoms with van der Waals surface area (Å²) in [7, 11) is 0. The zero-order chi connectivity index (χ0) is 6.62. The minimum Gasteiger partial charge on any atom is -0.393 e. The number of aliphatic hydroxyl groups is 2. The van der Waals surface area contributed by atoms with Crippen molar-refractivity contribution in [1.82, 2.24) is 0 Å². The van der Waals surface area contributed by atoms with E-state index in [1.54, 1.807) is 0 Å². The van der Waals surface area contributed by atoms with Crippen molar-refractivity contribution >= 4 is 0 Å². The molecule has 4 N–H and O–H groups in total. The highest BCUT2D eigenvalue weighted by molar-refractivity contribution is 4.69. The molecule has 0 saturated carbocycles. The van der Waals surface area contributed by atoms with Gasteiger partial charge in [0, 0.05) is 0 Å². The lowest BCUT2D eigenvalue weighted by atomic mass is 10.1. The first kappa shape index (κ1) is 7.84. The molecule has 0 aromatic heterocycles. The molecule has 0 amide bonds. The summed E-state index contributed by atoms with van der Waals surface area (Å²) >= 11 is 0. The Bertz CT molecular complexity index is 54.0. The van der Waals surface area contributed by atoms with Gasteiger partial charge in [-0.15, -0.1) is 0 Å². The first-order valence-electron chi connectivity index (χ1n) is 2.28. The molecule has 4 nitrogen and oxygen atoms in total. The van der Waals surface area contributed by atoms with E-state index >= 15 is 0 Å². The van der Waals surface area contributed by atoms with E-state index in [0.717, 1.165) is 0 Å². The molecule has 0 fully saturated rings. The van der Waals surface area contributed by atoms with E-state index in [9.17, 15) is 0 Å². The van der Waals surface area contributed by atoms with Crippen LogP contribution in [0.15, 0.2) is 0 Å². The molecular weight excluding hydrogens is 110 g/mol. The molecule has 0 aliphatic rings. The van der Waals surface area contributed by atoms with Gasteiger partial charge in [-0.25, -0.2) is 5.90 Å². The quantitative estimate of drug-likeness (QED) is 0.402. The Morgan fingerprint density at radius 1 is 1.50 bits per heavy atom. The van der Waals surface area contributed by atoms with Crippen LogP contribution in [0.5, 0.6) is 0 Å². The van der Waals surface area contributed by atoms with Gasteiger partial charge in [0.25, 0.3) is 0 Å². The van der Waals surface area contributed by atoms with Crippen molar-refractivity contribution in [2.45, 2.75) is 12.5 Å². The van der Waals surface area contributed by atoms with Crippen LogP contribution in [0.3, 0.4) is 0 Å². The van der Waals surface area contributed by atoms with Crippen molar-refractivity contribution in [3.63, 3.8) is 0 Å². The Balaban J connectivity index is 3.58. The summed E-state index contributed by atoms with van der Waals surface area (Å²) in [6.07, 6.45) is 0. The summed E-state index contributed by atoms with van der Waals surface area (Å²) in [6, 6.07) is 0. The fourth-order valence-electron chi connectivity index (χ4n) is 0.125. The van der Waals surface area contributed by atoms with E-state index < -0.39 is 5.60 Å². The lowest BCUT2D eigenvalue weighted by Crippen LogP contribution is -2.39. The van der Waals surface area contributed by atoms with Crippen molar-refractivity contribution in [2.24, 2.45) is 5.90 Å². The molecule has 50 valence electrons. The summed E-state index contributed by atoms with van der Waals surface area (Å²) in [5, 5.41) is 16.8. The van der Waals surface area contributed by atoms with Gasteiger partial charge >= 0.3 is 0 Å². The van der Waals surface area contributed by atoms with Crippen LogP contribution in [0.1, 0.15) is 6.92 Å². The van der Waals surface area contributed by atoms with Crippen LogP contribution in [0.2, 0.25) is 0 Å². The number of nitrogens with two attached hydrogens (primary N) is 1. The number of rotatable bonds is 3. The van der Waals surface area contributed by atoms with Gasteiger partial charge in [-0.3, -0.25) is 4.84 Å². The van der Waals surface area contributed by atoms with E-state index in [1.165, 1.54) is 6.92 Å². The van der Waals surface area contributed by atoms with Crippen LogP contribution in [-0.2, 0) is 4.84 Å². The van der Waals surface area contributed by atoms with Crippen molar-refractivity contribution in [3.8, 4) is 0 Å². The summed E-state index contributed by atoms with van der Waals surface area (Å²) in [5.74, 6) is 4.71. The van der Waals surface area contributed by atoms with E-state index in [4.69, 9.17) is 16.1 Å². The van der Waals surface area contributed by atoms with Gasteiger partial charge in [0.2, 0.25) is 0 Å². The first-order valence-corrected chi connectivity index (χ1v) is 2.28. The van der Waals surface area contributed by atoms with Gasteiger partial charge in [0.05, 0.1) is 13.2 Å². The molecule has 0 radical (unpaired) electrons. The minimum absolute atomic E-state index is 0.278. The van der Waals surface area contributed by atoms with Gasteiger partial charge in [-0.05, 0) is 6.92 Å². The van der Waals surface area contributed by atoms with Crippen molar-refractivity contribution < 1.29 is 15.1 Å². The maximum atomic E-state index is 8.42. The van der Waals surface area contributed by atoms with Crippen LogP contribution < -0.4 is 5.90 Å². The molecule has 0 aliphatic carbocycles. The topological polar surface area (TPSA) is 75.7 Å². The Hall–Kier alpha value is -0.160. The van der Waals surface area contributed by atoms with E-state index in [1.807, 2.05) is 0 Å². The molecule has 0 aliphatic heterocycles. The van der Waals surface area contributed by atoms with Gasteiger partial charge in [-0.2, -0.15) is 0 Å². The second-order valence-corrected chi connectivity index (χ2v) is 1.88. The van der Waals surface area contributed by atoms with E-state index in [2.05, 4.69) is 4.84 Å². The van der Waals surface area contributed by atoms with Crippen molar-refractivity contribution in [2.75, 3.05) is 13.2 Å². The van der Waals surface area contributed by atoms with Crippen LogP contribution in [0, 0.1) is 0 Å². The maximum Gasteiger partial charge on any atom is 0.132 e. The molecule has 8 heavy (non-hydrogen) atoms. The maximum absolute atomic E-state index is 8.42. The Kier molecular flexibility index (Phi) is 2.93. The molecule has 0 aromatic carbocycles. The molecule has 0 heterocycles. The predicted octanol–water partition coefficient (Wildman–Crippen LogP) is -1.38. The van der Waals surface area contributed by atoms with Gasteiger partial charge in [0.1, 0.15) is 5.60 Å². The standard InChI is InChI=1S/C4H11NO3/c1-4(2-6,3-7)8-5/h6-7H,2-3,5H2,1H3. The number of hydrogen-bond donors (Lipinski definition) is 3. The molecule has 0 rings (SSSR count). The molecule has 0 unspecified atom stereocenters. The van der Waals surface area contributed by atoms with E-state index in [-0.39, 0.29) is 13.2 Å². The fraction of sp³-hybridized carbons (Fsp3) is 1.00. The van der Waals surface area contributed by atoms with E-state index in [0.29, 0.717) is 0 Å². The largest absolute Gasteiger partial charge is 0.393 e. The Labute approximate surface area is 47.8 Å². The monoisotopic (exact) mass is 121 g/mol. The van der Waals surface area contributed by atoms with Gasteiger partial charge in [-0.1, -0.05) is 0 Å². The summed E-state index contributed by atoms with van der Waals surface area (Å²) in [4.78, 5) is 4.24. The molecule has 0 spiro atoms. The minimum atomic E-state index is -0.986. The third-order valence-electron chi connectivity index (χ3n) is 0.953. The van der Waals surface area contributed by atoms with Crippen LogP contribution in [0.25, 0.3) is 0 Å². The second-order valence-electron chi connectivity index (χ2n) is 1.88. The van der Waals surface area contributed by atoms with Crippen molar-refractivity contribution in [1.29, 1.82) is 0 Å². The molecular formula is C4H11NO3. The third-order valence-corrected chi connectivity index (χ3v) is 0.953. The zero-order valence-electron chi connectivity index (χ0n) is 4.79. The smallest absolute Gasteiger partial charge is 0.132 e. The molecule has 0 atom stereocenters. The lowest BCUT2D eigenvalue weighted by Gasteiger charge is -2.20. The molecule has 0 bridgehead atoms.